The molecule has 1 unspecified atom stereocenters. The molecule has 1 aromatic heterocycles. The van der Waals surface area contributed by atoms with Crippen molar-refractivity contribution >= 4 is 24.3 Å². The molecule has 1 aliphatic rings. The number of aliphatic carboxylic acids is 1. The van der Waals surface area contributed by atoms with Crippen LogP contribution in [0.2, 0.25) is 0 Å². The summed E-state index contributed by atoms with van der Waals surface area (Å²) >= 11 is 0. The number of unbranched alkanes of at least 4 members (excludes halogenated alkanes) is 3. The van der Waals surface area contributed by atoms with Crippen molar-refractivity contribution in [2.75, 3.05) is 33.0 Å². The van der Waals surface area contributed by atoms with Crippen molar-refractivity contribution in [3.63, 3.8) is 0 Å². The van der Waals surface area contributed by atoms with E-state index in [-0.39, 0.29) is 30.6 Å². The molecule has 1 fully saturated rings. The molecule has 1 aliphatic heterocycles. The van der Waals surface area contributed by atoms with Gasteiger partial charge in [-0.1, -0.05) is 19.8 Å². The van der Waals surface area contributed by atoms with Crippen LogP contribution in [-0.2, 0) is 16.1 Å². The van der Waals surface area contributed by atoms with Crippen LogP contribution in [0.4, 0.5) is 5.82 Å². The zero-order chi connectivity index (χ0) is 23.3. The first-order valence-electron chi connectivity index (χ1n) is 11.6. The van der Waals surface area contributed by atoms with Crippen LogP contribution in [-0.4, -0.2) is 71.1 Å². The predicted molar refractivity (Wildman–Crippen MR) is 126 cm³/mol. The second-order valence-electron chi connectivity index (χ2n) is 8.34. The van der Waals surface area contributed by atoms with Crippen LogP contribution in [0.3, 0.4) is 0 Å². The monoisotopic (exact) mass is 450 g/mol. The van der Waals surface area contributed by atoms with Gasteiger partial charge in [-0.25, -0.2) is 14.8 Å². The van der Waals surface area contributed by atoms with Gasteiger partial charge in [0.05, 0.1) is 0 Å². The lowest BCUT2D eigenvalue weighted by Gasteiger charge is -2.32. The van der Waals surface area contributed by atoms with Gasteiger partial charge in [0, 0.05) is 26.1 Å². The molecular weight excluding hydrogens is 412 g/mol. The maximum absolute atomic E-state index is 12.4. The summed E-state index contributed by atoms with van der Waals surface area (Å²) < 4.78 is 6.95. The lowest BCUT2D eigenvalue weighted by atomic mass is 9.95. The summed E-state index contributed by atoms with van der Waals surface area (Å²) in [6.07, 6.45) is 7.09. The van der Waals surface area contributed by atoms with E-state index in [1.54, 1.807) is 4.57 Å². The van der Waals surface area contributed by atoms with Crippen molar-refractivity contribution < 1.29 is 14.6 Å². The van der Waals surface area contributed by atoms with Crippen LogP contribution in [0, 0.1) is 5.92 Å². The average Bonchev–Trinajstić information content (AvgIpc) is 3.08. The Bertz CT molecular complexity index is 816. The topological polar surface area (TPSA) is 138 Å². The highest BCUT2D eigenvalue weighted by atomic mass is 16.5. The van der Waals surface area contributed by atoms with E-state index in [4.69, 9.17) is 15.6 Å². The molecule has 10 nitrogen and oxygen atoms in total. The van der Waals surface area contributed by atoms with E-state index >= 15 is 0 Å². The number of nitrogens with zero attached hydrogens (tertiary/aromatic N) is 4. The molecule has 180 valence electrons. The number of carboxylic acid groups (broad SMARTS) is 1. The zero-order valence-corrected chi connectivity index (χ0v) is 19.2. The molecule has 1 atom stereocenters. The number of ether oxygens (including phenoxy) is 1. The maximum atomic E-state index is 12.4. The van der Waals surface area contributed by atoms with Gasteiger partial charge < -0.3 is 25.5 Å². The summed E-state index contributed by atoms with van der Waals surface area (Å²) in [5.41, 5.74) is 6.12. The maximum Gasteiger partial charge on any atom is 0.327 e. The molecule has 10 heteroatoms. The van der Waals surface area contributed by atoms with Gasteiger partial charge in [0.2, 0.25) is 0 Å². The number of aliphatic imine (C=N–C) groups is 2. The number of likely N-dealkylation sites (tertiary alicyclic amines) is 1. The highest BCUT2D eigenvalue weighted by Crippen LogP contribution is 2.20. The second-order valence-corrected chi connectivity index (χ2v) is 8.34. The van der Waals surface area contributed by atoms with E-state index in [2.05, 4.69) is 33.5 Å². The lowest BCUT2D eigenvalue weighted by Crippen LogP contribution is -2.36. The third-order valence-corrected chi connectivity index (χ3v) is 5.75. The van der Waals surface area contributed by atoms with Crippen LogP contribution in [0.1, 0.15) is 64.0 Å². The smallest absolute Gasteiger partial charge is 0.327 e. The van der Waals surface area contributed by atoms with Crippen LogP contribution in [0.15, 0.2) is 14.8 Å². The molecule has 0 saturated carbocycles. The fraction of sp³-hybridized carbons (Fsp3) is 0.727. The Hall–Kier alpha value is -2.46. The van der Waals surface area contributed by atoms with Gasteiger partial charge >= 0.3 is 11.7 Å². The number of hydrogen-bond donors (Lipinski definition) is 3. The van der Waals surface area contributed by atoms with E-state index in [1.807, 2.05) is 0 Å². The van der Waals surface area contributed by atoms with Crippen molar-refractivity contribution in [2.45, 2.75) is 64.8 Å². The zero-order valence-electron chi connectivity index (χ0n) is 19.2. The minimum atomic E-state index is -0.713. The van der Waals surface area contributed by atoms with E-state index in [0.29, 0.717) is 24.7 Å². The molecule has 0 radical (unpaired) electrons. The molecule has 0 amide bonds. The Morgan fingerprint density at radius 1 is 1.31 bits per heavy atom. The summed E-state index contributed by atoms with van der Waals surface area (Å²) in [5.74, 6) is 0.121. The number of nitrogens with two attached hydrogens (primary N) is 1. The number of nitrogens with one attached hydrogen (secondary N) is 1. The highest BCUT2D eigenvalue weighted by Gasteiger charge is 2.21. The van der Waals surface area contributed by atoms with E-state index in [9.17, 15) is 9.59 Å². The standard InChI is InChI=1S/C22H38N6O4/c1-3-4-13-32-16-25-20(23)19-21(24-2)28(22(31)26-19)12-7-5-6-10-27-11-8-9-17(15-27)14-18(29)30/h17H,2-16H2,1H3,(H2,23,25)(H,26,31)(H,29,30). The lowest BCUT2D eigenvalue weighted by molar-refractivity contribution is -0.138. The number of carboxylic acids is 1. The molecule has 0 spiro atoms. The Kier molecular flexibility index (Phi) is 11.2. The third-order valence-electron chi connectivity index (χ3n) is 5.75. The van der Waals surface area contributed by atoms with Crippen molar-refractivity contribution in [1.29, 1.82) is 0 Å². The first-order chi connectivity index (χ1) is 15.5. The number of carbonyl (C=O) groups is 1. The average molecular weight is 451 g/mol. The summed E-state index contributed by atoms with van der Waals surface area (Å²) in [4.78, 5) is 36.6. The molecule has 1 aromatic rings. The van der Waals surface area contributed by atoms with Gasteiger partial charge in [-0.3, -0.25) is 9.36 Å². The van der Waals surface area contributed by atoms with Crippen molar-refractivity contribution in [3.05, 3.63) is 16.2 Å². The number of H-pyrrole nitrogens is 1. The van der Waals surface area contributed by atoms with Gasteiger partial charge in [0.1, 0.15) is 18.3 Å². The number of amidine groups is 1. The van der Waals surface area contributed by atoms with Gasteiger partial charge in [-0.15, -0.1) is 0 Å². The molecule has 4 N–H and O–H groups in total. The minimum Gasteiger partial charge on any atom is -0.481 e. The van der Waals surface area contributed by atoms with Gasteiger partial charge in [0.25, 0.3) is 0 Å². The van der Waals surface area contributed by atoms with Crippen LogP contribution >= 0.6 is 0 Å². The van der Waals surface area contributed by atoms with Gasteiger partial charge in [-0.05, 0) is 57.8 Å². The van der Waals surface area contributed by atoms with Gasteiger partial charge in [0.15, 0.2) is 5.82 Å². The summed E-state index contributed by atoms with van der Waals surface area (Å²) in [6, 6.07) is 0. The normalized spacial score (nSPS) is 17.5. The fourth-order valence-corrected chi connectivity index (χ4v) is 4.07. The number of aromatic nitrogens is 2. The molecule has 0 aliphatic carbocycles. The number of hydrogen-bond acceptors (Lipinski definition) is 6. The summed E-state index contributed by atoms with van der Waals surface area (Å²) in [5, 5.41) is 9.00. The van der Waals surface area contributed by atoms with E-state index in [0.717, 1.165) is 64.6 Å². The molecule has 2 rings (SSSR count). The number of aromatic amines is 1. The van der Waals surface area contributed by atoms with Crippen LogP contribution < -0.4 is 11.4 Å². The fourth-order valence-electron chi connectivity index (χ4n) is 4.07. The Labute approximate surface area is 189 Å². The molecule has 1 saturated heterocycles. The molecular formula is C22H38N6O4. The quantitative estimate of drug-likeness (QED) is 0.213. The number of piperidine rings is 1. The second kappa shape index (κ2) is 13.8. The SMILES string of the molecule is C=Nc1c(/C(N)=N\COCCCC)[nH]c(=O)n1CCCCCN1CCCC(CC(=O)O)C1. The Morgan fingerprint density at radius 3 is 2.81 bits per heavy atom. The molecule has 0 bridgehead atoms. The van der Waals surface area contributed by atoms with E-state index in [1.165, 1.54) is 0 Å². The van der Waals surface area contributed by atoms with Crippen LogP contribution in [0.5, 0.6) is 0 Å². The number of imidazole rings is 1. The first kappa shape index (κ1) is 25.8. The van der Waals surface area contributed by atoms with Crippen molar-refractivity contribution in [2.24, 2.45) is 21.6 Å². The molecule has 32 heavy (non-hydrogen) atoms. The first-order valence-corrected chi connectivity index (χ1v) is 11.6. The highest BCUT2D eigenvalue weighted by molar-refractivity contribution is 5.99. The number of rotatable bonds is 15. The summed E-state index contributed by atoms with van der Waals surface area (Å²) in [6.45, 7) is 9.79. The Morgan fingerprint density at radius 2 is 2.09 bits per heavy atom. The third kappa shape index (κ3) is 8.23. The largest absolute Gasteiger partial charge is 0.481 e. The predicted octanol–water partition coefficient (Wildman–Crippen LogP) is 2.34. The van der Waals surface area contributed by atoms with Crippen molar-refractivity contribution in [3.8, 4) is 0 Å². The minimum absolute atomic E-state index is 0.138. The Balaban J connectivity index is 1.80. The van der Waals surface area contributed by atoms with Crippen molar-refractivity contribution in [1.82, 2.24) is 14.5 Å². The molecule has 2 heterocycles. The summed E-state index contributed by atoms with van der Waals surface area (Å²) in [7, 11) is 0. The molecule has 0 aromatic carbocycles. The van der Waals surface area contributed by atoms with E-state index < -0.39 is 5.97 Å². The van der Waals surface area contributed by atoms with Crippen LogP contribution in [0.25, 0.3) is 0 Å². The van der Waals surface area contributed by atoms with Gasteiger partial charge in [-0.2, -0.15) is 0 Å².